The molecule has 0 aromatic rings. The minimum Gasteiger partial charge on any atom is -0.349 e. The van der Waals surface area contributed by atoms with Crippen LogP contribution in [0.1, 0.15) is 52.4 Å². The van der Waals surface area contributed by atoms with Gasteiger partial charge in [0.2, 0.25) is 11.8 Å². The van der Waals surface area contributed by atoms with Gasteiger partial charge in [-0.2, -0.15) is 0 Å². The predicted octanol–water partition coefficient (Wildman–Crippen LogP) is 2.65. The van der Waals surface area contributed by atoms with Crippen molar-refractivity contribution in [3.63, 3.8) is 0 Å². The van der Waals surface area contributed by atoms with E-state index >= 15 is 0 Å². The Morgan fingerprint density at radius 3 is 2.85 bits per heavy atom. The van der Waals surface area contributed by atoms with E-state index in [1.54, 1.807) is 6.08 Å². The monoisotopic (exact) mass is 354 g/mol. The van der Waals surface area contributed by atoms with Gasteiger partial charge in [0, 0.05) is 17.4 Å². The largest absolute Gasteiger partial charge is 0.349 e. The molecule has 0 aromatic carbocycles. The number of hydrogen-bond acceptors (Lipinski definition) is 2. The Bertz CT molecular complexity index is 693. The summed E-state index contributed by atoms with van der Waals surface area (Å²) >= 11 is 0. The van der Waals surface area contributed by atoms with E-state index in [-0.39, 0.29) is 34.6 Å². The lowest BCUT2D eigenvalue weighted by Crippen LogP contribution is -2.59. The van der Waals surface area contributed by atoms with Gasteiger partial charge in [-0.15, -0.1) is 6.42 Å². The van der Waals surface area contributed by atoms with Crippen LogP contribution in [-0.4, -0.2) is 24.4 Å². The third-order valence-corrected chi connectivity index (χ3v) is 8.37. The van der Waals surface area contributed by atoms with Crippen molar-refractivity contribution in [2.45, 2.75) is 58.4 Å². The molecule has 4 nitrogen and oxygen atoms in total. The van der Waals surface area contributed by atoms with Gasteiger partial charge < -0.3 is 10.6 Å². The first-order valence-corrected chi connectivity index (χ1v) is 10.1. The van der Waals surface area contributed by atoms with Crippen LogP contribution in [0.15, 0.2) is 12.2 Å². The van der Waals surface area contributed by atoms with Crippen LogP contribution in [0.2, 0.25) is 0 Å². The zero-order valence-electron chi connectivity index (χ0n) is 15.9. The van der Waals surface area contributed by atoms with Crippen molar-refractivity contribution < 1.29 is 9.59 Å². The summed E-state index contributed by atoms with van der Waals surface area (Å²) in [7, 11) is 0. The fourth-order valence-corrected chi connectivity index (χ4v) is 7.03. The van der Waals surface area contributed by atoms with Crippen LogP contribution >= 0.6 is 0 Å². The Morgan fingerprint density at radius 2 is 2.08 bits per heavy atom. The number of carbonyl (C=O) groups is 2. The highest BCUT2D eigenvalue weighted by atomic mass is 16.2. The maximum atomic E-state index is 12.7. The Labute approximate surface area is 156 Å². The number of rotatable bonds is 2. The zero-order valence-corrected chi connectivity index (χ0v) is 15.9. The molecule has 1 aliphatic heterocycles. The third kappa shape index (κ3) is 2.43. The summed E-state index contributed by atoms with van der Waals surface area (Å²) in [6.45, 7) is 5.00. The van der Waals surface area contributed by atoms with E-state index < -0.39 is 0 Å². The van der Waals surface area contributed by atoms with Crippen LogP contribution in [0, 0.1) is 46.8 Å². The summed E-state index contributed by atoms with van der Waals surface area (Å²) in [5, 5.41) is 6.13. The summed E-state index contributed by atoms with van der Waals surface area (Å²) in [5.41, 5.74) is 0.145. The van der Waals surface area contributed by atoms with Crippen molar-refractivity contribution in [1.29, 1.82) is 0 Å². The second-order valence-electron chi connectivity index (χ2n) is 9.31. The van der Waals surface area contributed by atoms with Gasteiger partial charge in [0.15, 0.2) is 0 Å². The second-order valence-corrected chi connectivity index (χ2v) is 9.31. The highest BCUT2D eigenvalue weighted by Crippen LogP contribution is 2.64. The van der Waals surface area contributed by atoms with E-state index in [0.29, 0.717) is 24.3 Å². The first-order valence-electron chi connectivity index (χ1n) is 10.1. The second kappa shape index (κ2) is 6.15. The van der Waals surface area contributed by atoms with Crippen molar-refractivity contribution in [2.24, 2.45) is 34.5 Å². The van der Waals surface area contributed by atoms with E-state index in [2.05, 4.69) is 36.5 Å². The SMILES string of the molecule is C#CCNC(=O)[C@H]1CC[C@H]2[C@@H]3CC[C@H]4NC(=O)C=C[C@]4(C)[C@H]3CC[C@]12C. The quantitative estimate of drug-likeness (QED) is 0.749. The highest BCUT2D eigenvalue weighted by Gasteiger charge is 2.60. The number of amides is 2. The van der Waals surface area contributed by atoms with Crippen molar-refractivity contribution in [3.8, 4) is 12.3 Å². The van der Waals surface area contributed by atoms with Gasteiger partial charge in [-0.25, -0.2) is 0 Å². The van der Waals surface area contributed by atoms with Crippen molar-refractivity contribution in [1.82, 2.24) is 10.6 Å². The molecule has 7 atom stereocenters. The zero-order chi connectivity index (χ0) is 18.5. The topological polar surface area (TPSA) is 58.2 Å². The molecular weight excluding hydrogens is 324 g/mol. The van der Waals surface area contributed by atoms with Crippen LogP contribution in [0.3, 0.4) is 0 Å². The van der Waals surface area contributed by atoms with Crippen LogP contribution in [0.4, 0.5) is 0 Å². The Morgan fingerprint density at radius 1 is 1.27 bits per heavy atom. The lowest BCUT2D eigenvalue weighted by atomic mass is 9.48. The maximum Gasteiger partial charge on any atom is 0.243 e. The fourth-order valence-electron chi connectivity index (χ4n) is 7.03. The smallest absolute Gasteiger partial charge is 0.243 e. The lowest BCUT2D eigenvalue weighted by Gasteiger charge is -2.58. The van der Waals surface area contributed by atoms with Gasteiger partial charge in [0.1, 0.15) is 0 Å². The maximum absolute atomic E-state index is 12.7. The molecule has 0 aromatic heterocycles. The van der Waals surface area contributed by atoms with Crippen molar-refractivity contribution in [2.75, 3.05) is 6.54 Å². The lowest BCUT2D eigenvalue weighted by molar-refractivity contribution is -0.133. The molecule has 0 unspecified atom stereocenters. The summed E-state index contributed by atoms with van der Waals surface area (Å²) in [5.74, 6) is 4.67. The molecule has 3 saturated carbocycles. The van der Waals surface area contributed by atoms with Crippen molar-refractivity contribution >= 4 is 11.8 Å². The van der Waals surface area contributed by atoms with Gasteiger partial charge in [0.25, 0.3) is 0 Å². The molecule has 4 aliphatic rings. The van der Waals surface area contributed by atoms with Gasteiger partial charge in [-0.3, -0.25) is 9.59 Å². The van der Waals surface area contributed by atoms with E-state index in [0.717, 1.165) is 38.5 Å². The molecule has 0 spiro atoms. The standard InChI is InChI=1S/C22H30N2O2/c1-4-13-23-20(26)17-7-6-15-14-5-8-18-22(3,12-10-19(25)24-18)16(14)9-11-21(15,17)2/h1,10,12,14-18H,5-9,11,13H2,2-3H3,(H,23,26)(H,24,25)/t14-,15-,16-,17+,18+,21-,22+/m0/s1. The number of terminal acetylenes is 1. The molecule has 1 heterocycles. The molecule has 140 valence electrons. The minimum atomic E-state index is 0.0534. The van der Waals surface area contributed by atoms with E-state index in [1.165, 1.54) is 0 Å². The number of nitrogens with one attached hydrogen (secondary N) is 2. The number of carbonyl (C=O) groups excluding carboxylic acids is 2. The molecule has 3 aliphatic carbocycles. The molecule has 3 fully saturated rings. The molecule has 2 N–H and O–H groups in total. The summed E-state index contributed by atoms with van der Waals surface area (Å²) < 4.78 is 0. The Balaban J connectivity index is 1.58. The molecule has 0 saturated heterocycles. The molecule has 2 amide bonds. The molecule has 26 heavy (non-hydrogen) atoms. The average molecular weight is 354 g/mol. The summed E-state index contributed by atoms with van der Waals surface area (Å²) in [6, 6.07) is 0.265. The van der Waals surface area contributed by atoms with Gasteiger partial charge >= 0.3 is 0 Å². The van der Waals surface area contributed by atoms with Crippen LogP contribution in [0.25, 0.3) is 0 Å². The number of fused-ring (bicyclic) bond motifs is 5. The molecule has 4 rings (SSSR count). The van der Waals surface area contributed by atoms with Gasteiger partial charge in [-0.1, -0.05) is 25.8 Å². The van der Waals surface area contributed by atoms with Crippen molar-refractivity contribution in [3.05, 3.63) is 12.2 Å². The van der Waals surface area contributed by atoms with Gasteiger partial charge in [0.05, 0.1) is 6.54 Å². The van der Waals surface area contributed by atoms with E-state index in [9.17, 15) is 9.59 Å². The number of hydrogen-bond donors (Lipinski definition) is 2. The molecule has 0 bridgehead atoms. The normalized spacial score (nSPS) is 46.3. The van der Waals surface area contributed by atoms with E-state index in [1.807, 2.05) is 0 Å². The Kier molecular flexibility index (Phi) is 4.17. The Hall–Kier alpha value is -1.76. The summed E-state index contributed by atoms with van der Waals surface area (Å²) in [6.07, 6.45) is 15.8. The third-order valence-electron chi connectivity index (χ3n) is 8.37. The van der Waals surface area contributed by atoms with Gasteiger partial charge in [-0.05, 0) is 67.8 Å². The highest BCUT2D eigenvalue weighted by molar-refractivity contribution is 5.89. The summed E-state index contributed by atoms with van der Waals surface area (Å²) in [4.78, 5) is 24.5. The first kappa shape index (κ1) is 17.6. The van der Waals surface area contributed by atoms with E-state index in [4.69, 9.17) is 6.42 Å². The average Bonchev–Trinajstić information content (AvgIpc) is 2.97. The minimum absolute atomic E-state index is 0.0534. The van der Waals surface area contributed by atoms with Crippen LogP contribution in [-0.2, 0) is 9.59 Å². The fraction of sp³-hybridized carbons (Fsp3) is 0.727. The molecular formula is C22H30N2O2. The molecule has 0 radical (unpaired) electrons. The predicted molar refractivity (Wildman–Crippen MR) is 101 cm³/mol. The van der Waals surface area contributed by atoms with Crippen LogP contribution < -0.4 is 10.6 Å². The first-order chi connectivity index (χ1) is 12.4. The molecule has 4 heteroatoms. The van der Waals surface area contributed by atoms with Crippen LogP contribution in [0.5, 0.6) is 0 Å².